The third-order valence-corrected chi connectivity index (χ3v) is 3.29. The Morgan fingerprint density at radius 1 is 1.13 bits per heavy atom. The third-order valence-electron chi connectivity index (χ3n) is 3.29. The number of phenolic OH excluding ortho intramolecular Hbond substituents is 3. The van der Waals surface area contributed by atoms with Crippen molar-refractivity contribution in [2.45, 2.75) is 23.9 Å². The normalized spacial score (nSPS) is 17.8. The number of rotatable bonds is 7. The lowest BCUT2D eigenvalue weighted by molar-refractivity contribution is -0.161. The lowest BCUT2D eigenvalue weighted by atomic mass is 9.80. The molecule has 1 aromatic carbocycles. The zero-order valence-corrected chi connectivity index (χ0v) is 11.6. The van der Waals surface area contributed by atoms with E-state index in [0.29, 0.717) is 12.1 Å². The van der Waals surface area contributed by atoms with Gasteiger partial charge in [-0.2, -0.15) is 0 Å². The maximum absolute atomic E-state index is 12.3. The molecule has 10 nitrogen and oxygen atoms in total. The number of Topliss-reactive ketones (excluding diaryl/α,β-unsaturated/α-hetero) is 1. The van der Waals surface area contributed by atoms with Crippen molar-refractivity contribution in [3.8, 4) is 17.2 Å². The molecule has 0 spiro atoms. The van der Waals surface area contributed by atoms with E-state index in [-0.39, 0.29) is 6.29 Å². The minimum atomic E-state index is -3.23. The molecule has 8 N–H and O–H groups in total. The van der Waals surface area contributed by atoms with Crippen molar-refractivity contribution in [3.05, 3.63) is 17.7 Å². The SMILES string of the molecule is O=C[C@H](O)[C@@H](O)[C@@](O)(C(=O)c1cc(O)c(O)c(O)c1)[C@H](O)CO. The van der Waals surface area contributed by atoms with Gasteiger partial charge in [-0.25, -0.2) is 0 Å². The van der Waals surface area contributed by atoms with Gasteiger partial charge >= 0.3 is 0 Å². The Labute approximate surface area is 129 Å². The number of aldehydes is 1. The highest BCUT2D eigenvalue weighted by molar-refractivity contribution is 6.04. The second-order valence-electron chi connectivity index (χ2n) is 4.79. The standard InChI is InChI=1S/C13H16O10/c14-3-8(18)12(22)13(23,9(19)4-15)11(21)5-1-6(16)10(20)7(17)2-5/h1-3,8-9,12,15-20,22-23H,4H2/t8-,9+,12+,13-/m0/s1. The Balaban J connectivity index is 3.43. The first-order chi connectivity index (χ1) is 10.6. The number of aliphatic hydroxyl groups is 5. The molecule has 0 aliphatic carbocycles. The maximum atomic E-state index is 12.3. The van der Waals surface area contributed by atoms with Gasteiger partial charge in [-0.1, -0.05) is 0 Å². The van der Waals surface area contributed by atoms with Crippen molar-refractivity contribution in [3.63, 3.8) is 0 Å². The van der Waals surface area contributed by atoms with E-state index in [0.717, 1.165) is 0 Å². The molecular weight excluding hydrogens is 316 g/mol. The summed E-state index contributed by atoms with van der Waals surface area (Å²) in [6.07, 6.45) is -7.31. The molecule has 128 valence electrons. The highest BCUT2D eigenvalue weighted by atomic mass is 16.4. The molecule has 0 aliphatic heterocycles. The van der Waals surface area contributed by atoms with Crippen LogP contribution < -0.4 is 0 Å². The van der Waals surface area contributed by atoms with Gasteiger partial charge < -0.3 is 45.6 Å². The second kappa shape index (κ2) is 6.89. The first-order valence-corrected chi connectivity index (χ1v) is 6.23. The predicted octanol–water partition coefficient (Wildman–Crippen LogP) is -3.01. The molecule has 1 rings (SSSR count). The number of phenols is 3. The van der Waals surface area contributed by atoms with Crippen LogP contribution in [0.2, 0.25) is 0 Å². The highest BCUT2D eigenvalue weighted by Gasteiger charge is 2.52. The van der Waals surface area contributed by atoms with E-state index in [9.17, 15) is 45.3 Å². The van der Waals surface area contributed by atoms with Crippen molar-refractivity contribution in [1.82, 2.24) is 0 Å². The summed E-state index contributed by atoms with van der Waals surface area (Å²) in [6, 6.07) is 1.21. The van der Waals surface area contributed by atoms with Crippen LogP contribution >= 0.6 is 0 Å². The Kier molecular flexibility index (Phi) is 5.64. The van der Waals surface area contributed by atoms with Crippen molar-refractivity contribution in [1.29, 1.82) is 0 Å². The summed E-state index contributed by atoms with van der Waals surface area (Å²) in [7, 11) is 0. The molecular formula is C13H16O10. The highest BCUT2D eigenvalue weighted by Crippen LogP contribution is 2.37. The molecule has 0 radical (unpaired) electrons. The molecule has 10 heteroatoms. The Bertz CT molecular complexity index is 577. The molecule has 0 unspecified atom stereocenters. The van der Waals surface area contributed by atoms with Crippen molar-refractivity contribution in [2.24, 2.45) is 0 Å². The fourth-order valence-electron chi connectivity index (χ4n) is 1.92. The number of benzene rings is 1. The van der Waals surface area contributed by atoms with Gasteiger partial charge in [0.25, 0.3) is 0 Å². The molecule has 0 aromatic heterocycles. The van der Waals surface area contributed by atoms with Gasteiger partial charge in [-0.05, 0) is 12.1 Å². The lowest BCUT2D eigenvalue weighted by Gasteiger charge is -2.35. The van der Waals surface area contributed by atoms with Gasteiger partial charge in [-0.15, -0.1) is 0 Å². The van der Waals surface area contributed by atoms with Gasteiger partial charge in [0.15, 0.2) is 34.9 Å². The fourth-order valence-corrected chi connectivity index (χ4v) is 1.92. The van der Waals surface area contributed by atoms with Gasteiger partial charge in [0.1, 0.15) is 18.3 Å². The summed E-state index contributed by atoms with van der Waals surface area (Å²) in [5.41, 5.74) is -3.91. The molecule has 0 bridgehead atoms. The third kappa shape index (κ3) is 3.25. The average Bonchev–Trinajstić information content (AvgIpc) is 2.55. The van der Waals surface area contributed by atoms with Crippen LogP contribution in [-0.2, 0) is 4.79 Å². The molecule has 0 saturated heterocycles. The van der Waals surface area contributed by atoms with Crippen LogP contribution in [0, 0.1) is 0 Å². The van der Waals surface area contributed by atoms with E-state index >= 15 is 0 Å². The smallest absolute Gasteiger partial charge is 0.200 e. The lowest BCUT2D eigenvalue weighted by Crippen LogP contribution is -2.63. The number of carbonyl (C=O) groups is 2. The first kappa shape index (κ1) is 18.8. The van der Waals surface area contributed by atoms with Gasteiger partial charge in [0.2, 0.25) is 0 Å². The van der Waals surface area contributed by atoms with E-state index in [1.165, 1.54) is 0 Å². The number of hydrogen-bond acceptors (Lipinski definition) is 10. The monoisotopic (exact) mass is 332 g/mol. The van der Waals surface area contributed by atoms with Crippen molar-refractivity contribution >= 4 is 12.1 Å². The molecule has 23 heavy (non-hydrogen) atoms. The molecule has 1 aromatic rings. The van der Waals surface area contributed by atoms with Crippen molar-refractivity contribution < 1.29 is 50.4 Å². The van der Waals surface area contributed by atoms with Crippen LogP contribution in [0.3, 0.4) is 0 Å². The summed E-state index contributed by atoms with van der Waals surface area (Å²) in [5, 5.41) is 75.8. The summed E-state index contributed by atoms with van der Waals surface area (Å²) in [4.78, 5) is 22.9. The Morgan fingerprint density at radius 2 is 1.61 bits per heavy atom. The Morgan fingerprint density at radius 3 is 2.00 bits per heavy atom. The molecule has 0 heterocycles. The molecule has 0 aliphatic rings. The van der Waals surface area contributed by atoms with E-state index < -0.39 is 59.1 Å². The number of carbonyl (C=O) groups excluding carboxylic acids is 2. The summed E-state index contributed by atoms with van der Waals surface area (Å²) in [6.45, 7) is -1.22. The van der Waals surface area contributed by atoms with E-state index in [4.69, 9.17) is 5.11 Å². The maximum Gasteiger partial charge on any atom is 0.200 e. The number of ketones is 1. The summed E-state index contributed by atoms with van der Waals surface area (Å²) >= 11 is 0. The summed E-state index contributed by atoms with van der Waals surface area (Å²) in [5.74, 6) is -4.38. The largest absolute Gasteiger partial charge is 0.504 e. The summed E-state index contributed by atoms with van der Waals surface area (Å²) < 4.78 is 0. The minimum Gasteiger partial charge on any atom is -0.504 e. The van der Waals surface area contributed by atoms with Gasteiger partial charge in [-0.3, -0.25) is 4.79 Å². The second-order valence-corrected chi connectivity index (χ2v) is 4.79. The topological polar surface area (TPSA) is 196 Å². The molecule has 0 amide bonds. The Hall–Kier alpha value is -2.24. The average molecular weight is 332 g/mol. The van der Waals surface area contributed by atoms with E-state index in [1.807, 2.05) is 0 Å². The van der Waals surface area contributed by atoms with E-state index in [1.54, 1.807) is 0 Å². The quantitative estimate of drug-likeness (QED) is 0.145. The number of aliphatic hydroxyl groups excluding tert-OH is 4. The molecule has 4 atom stereocenters. The van der Waals surface area contributed by atoms with Crippen molar-refractivity contribution in [2.75, 3.05) is 6.61 Å². The van der Waals surface area contributed by atoms with Gasteiger partial charge in [0, 0.05) is 5.56 Å². The zero-order chi connectivity index (χ0) is 17.9. The minimum absolute atomic E-state index is 0.210. The predicted molar refractivity (Wildman–Crippen MR) is 71.9 cm³/mol. The van der Waals surface area contributed by atoms with Crippen LogP contribution in [0.25, 0.3) is 0 Å². The van der Waals surface area contributed by atoms with Crippen LogP contribution in [-0.4, -0.2) is 83.4 Å². The number of aromatic hydroxyl groups is 3. The van der Waals surface area contributed by atoms with E-state index in [2.05, 4.69) is 0 Å². The molecule has 0 fully saturated rings. The van der Waals surface area contributed by atoms with Crippen LogP contribution in [0.4, 0.5) is 0 Å². The first-order valence-electron chi connectivity index (χ1n) is 6.23. The van der Waals surface area contributed by atoms with Gasteiger partial charge in [0.05, 0.1) is 6.61 Å². The van der Waals surface area contributed by atoms with Crippen LogP contribution in [0.5, 0.6) is 17.2 Å². The van der Waals surface area contributed by atoms with Crippen LogP contribution in [0.15, 0.2) is 12.1 Å². The zero-order valence-electron chi connectivity index (χ0n) is 11.6. The molecule has 0 saturated carbocycles. The van der Waals surface area contributed by atoms with Crippen LogP contribution in [0.1, 0.15) is 10.4 Å². The number of hydrogen-bond donors (Lipinski definition) is 8. The fraction of sp³-hybridized carbons (Fsp3) is 0.385.